The van der Waals surface area contributed by atoms with Crippen molar-refractivity contribution >= 4 is 17.6 Å². The van der Waals surface area contributed by atoms with E-state index in [1.54, 1.807) is 0 Å². The van der Waals surface area contributed by atoms with Crippen LogP contribution in [-0.2, 0) is 36.8 Å². The number of ketones is 1. The predicted octanol–water partition coefficient (Wildman–Crippen LogP) is 0.428. The molecule has 0 spiro atoms. The molecule has 0 N–H and O–H groups in total. The first kappa shape index (κ1) is 14.1. The fraction of sp³-hybridized carbons (Fsp3) is 0.700. The van der Waals surface area contributed by atoms with Crippen LogP contribution in [0.15, 0.2) is 0 Å². The zero-order chi connectivity index (χ0) is 12.8. The van der Waals surface area contributed by atoms with E-state index in [2.05, 4.69) is 0 Å². The molecule has 1 aliphatic heterocycles. The first-order valence-corrected chi connectivity index (χ1v) is 6.91. The maximum atomic E-state index is 11.7. The number of imide groups is 1. The van der Waals surface area contributed by atoms with Crippen LogP contribution in [-0.4, -0.2) is 34.8 Å². The molecule has 0 aromatic heterocycles. The molecule has 1 saturated heterocycles. The van der Waals surface area contributed by atoms with Gasteiger partial charge in [-0.05, 0) is 0 Å². The first-order chi connectivity index (χ1) is 8.06. The molecule has 1 aliphatic rings. The van der Waals surface area contributed by atoms with Gasteiger partial charge in [-0.2, -0.15) is 0 Å². The van der Waals surface area contributed by atoms with Crippen LogP contribution in [0.1, 0.15) is 26.2 Å². The van der Waals surface area contributed by atoms with Gasteiger partial charge >= 0.3 is 103 Å². The molecule has 0 aromatic carbocycles. The predicted molar refractivity (Wildman–Crippen MR) is 52.7 cm³/mol. The van der Waals surface area contributed by atoms with Gasteiger partial charge in [-0.1, -0.05) is 0 Å². The number of Topliss-reactive ketones (excluding diaryl/α,β-unsaturated/α-hetero) is 1. The van der Waals surface area contributed by atoms with Gasteiger partial charge < -0.3 is 0 Å². The van der Waals surface area contributed by atoms with Crippen molar-refractivity contribution in [3.8, 4) is 0 Å². The molecule has 0 radical (unpaired) electrons. The number of hydrogen-bond acceptors (Lipinski definition) is 5. The van der Waals surface area contributed by atoms with Crippen LogP contribution >= 0.6 is 0 Å². The molecule has 7 heteroatoms. The average molecular weight is 288 g/mol. The van der Waals surface area contributed by atoms with E-state index < -0.39 is 25.6 Å². The third kappa shape index (κ3) is 4.10. The normalized spacial score (nSPS) is 16.5. The van der Waals surface area contributed by atoms with Crippen molar-refractivity contribution in [3.05, 3.63) is 0 Å². The standard InChI is InChI=1S/C6H11O2.C4H5NO2.Co.O/c1-3-4-8-5-6(2)7;6-3-1-2-4(7)5-3;;/h2-5H2,1H3;1-2H2,(H,5,6,7);;/q;;+1;/p-1. The van der Waals surface area contributed by atoms with E-state index >= 15 is 0 Å². The number of carbonyl (C=O) groups excluding carboxylic acids is 3. The quantitative estimate of drug-likeness (QED) is 0.501. The van der Waals surface area contributed by atoms with Crippen molar-refractivity contribution in [1.29, 1.82) is 0 Å². The van der Waals surface area contributed by atoms with Gasteiger partial charge in [0.1, 0.15) is 0 Å². The summed E-state index contributed by atoms with van der Waals surface area (Å²) in [6, 6.07) is 0. The third-order valence-electron chi connectivity index (χ3n) is 1.98. The molecule has 17 heavy (non-hydrogen) atoms. The Kier molecular flexibility index (Phi) is 5.59. The minimum atomic E-state index is -2.24. The van der Waals surface area contributed by atoms with Gasteiger partial charge in [0.2, 0.25) is 0 Å². The fourth-order valence-corrected chi connectivity index (χ4v) is 2.69. The van der Waals surface area contributed by atoms with Crippen molar-refractivity contribution in [2.75, 3.05) is 13.2 Å². The maximum absolute atomic E-state index is 11.7. The van der Waals surface area contributed by atoms with Crippen molar-refractivity contribution in [2.24, 2.45) is 0 Å². The average Bonchev–Trinajstić information content (AvgIpc) is 2.58. The molecule has 6 nitrogen and oxygen atoms in total. The SMILES string of the molecule is CCCOCC(=O)[CH2][Co](=[O])[N]1C(=O)CCC1=O. The number of hydrogen-bond donors (Lipinski definition) is 0. The summed E-state index contributed by atoms with van der Waals surface area (Å²) in [4.78, 5) is 33.8. The minimum absolute atomic E-state index is 0.0832. The number of ether oxygens (including phenoxy) is 1. The second-order valence-corrected chi connectivity index (χ2v) is 5.17. The van der Waals surface area contributed by atoms with Gasteiger partial charge in [-0.15, -0.1) is 0 Å². The van der Waals surface area contributed by atoms with Gasteiger partial charge in [0.05, 0.1) is 0 Å². The van der Waals surface area contributed by atoms with E-state index in [0.29, 0.717) is 10.6 Å². The van der Waals surface area contributed by atoms with Crippen molar-refractivity contribution in [2.45, 2.75) is 31.5 Å². The molecule has 0 aliphatic carbocycles. The van der Waals surface area contributed by atoms with E-state index in [4.69, 9.17) is 4.74 Å². The first-order valence-electron chi connectivity index (χ1n) is 5.28. The molecule has 0 bridgehead atoms. The van der Waals surface area contributed by atoms with Crippen LogP contribution in [0.3, 0.4) is 0 Å². The Balaban J connectivity index is 2.41. The second kappa shape index (κ2) is 6.73. The summed E-state index contributed by atoms with van der Waals surface area (Å²) in [6.07, 6.45) is 0.960. The number of rotatable bonds is 7. The molecule has 0 unspecified atom stereocenters. The molecule has 2 amide bonds. The Morgan fingerprint density at radius 2 is 1.94 bits per heavy atom. The van der Waals surface area contributed by atoms with Gasteiger partial charge in [0, 0.05) is 0 Å². The van der Waals surface area contributed by atoms with Crippen LogP contribution in [0, 0.1) is 0 Å². The van der Waals surface area contributed by atoms with Crippen LogP contribution in [0.2, 0.25) is 5.36 Å². The van der Waals surface area contributed by atoms with Gasteiger partial charge in [-0.3, -0.25) is 0 Å². The van der Waals surface area contributed by atoms with Crippen molar-refractivity contribution in [1.82, 2.24) is 3.95 Å². The zero-order valence-corrected chi connectivity index (χ0v) is 10.6. The van der Waals surface area contributed by atoms with Gasteiger partial charge in [0.25, 0.3) is 0 Å². The van der Waals surface area contributed by atoms with E-state index in [1.165, 1.54) is 0 Å². The van der Waals surface area contributed by atoms with Gasteiger partial charge in [-0.25, -0.2) is 0 Å². The van der Waals surface area contributed by atoms with E-state index in [0.717, 1.165) is 6.42 Å². The third-order valence-corrected chi connectivity index (χ3v) is 3.74. The van der Waals surface area contributed by atoms with Crippen LogP contribution < -0.4 is 0 Å². The summed E-state index contributed by atoms with van der Waals surface area (Å²) >= 11 is -2.24. The summed E-state index contributed by atoms with van der Waals surface area (Å²) in [7, 11) is 0. The molecule has 0 saturated carbocycles. The monoisotopic (exact) mass is 288 g/mol. The molecule has 0 atom stereocenters. The van der Waals surface area contributed by atoms with E-state index in [-0.39, 0.29) is 30.6 Å². The van der Waals surface area contributed by atoms with E-state index in [1.807, 2.05) is 6.92 Å². The Morgan fingerprint density at radius 1 is 1.35 bits per heavy atom. The number of carbonyl (C=O) groups is 3. The number of nitrogens with zero attached hydrogens (tertiary/aromatic N) is 1. The summed E-state index contributed by atoms with van der Waals surface area (Å²) < 4.78 is 17.4. The van der Waals surface area contributed by atoms with Crippen molar-refractivity contribution in [3.63, 3.8) is 0 Å². The fourth-order valence-electron chi connectivity index (χ4n) is 1.25. The second-order valence-electron chi connectivity index (χ2n) is 3.52. The summed E-state index contributed by atoms with van der Waals surface area (Å²) in [5.41, 5.74) is 0. The summed E-state index contributed by atoms with van der Waals surface area (Å²) in [5.74, 6) is -1.28. The Morgan fingerprint density at radius 3 is 2.47 bits per heavy atom. The molecule has 1 rings (SSSR count). The van der Waals surface area contributed by atoms with Crippen LogP contribution in [0.4, 0.5) is 0 Å². The van der Waals surface area contributed by atoms with Crippen molar-refractivity contribution < 1.29 is 36.8 Å². The molecule has 0 aromatic rings. The molecular weight excluding hydrogens is 273 g/mol. The molecule has 1 heterocycles. The molecular formula is C10H15CoNO5. The molecule has 99 valence electrons. The van der Waals surface area contributed by atoms with Crippen LogP contribution in [0.5, 0.6) is 0 Å². The summed E-state index contributed by atoms with van der Waals surface area (Å²) in [6.45, 7) is 2.25. The zero-order valence-electron chi connectivity index (χ0n) is 9.56. The molecule has 1 fully saturated rings. The Labute approximate surface area is 103 Å². The summed E-state index contributed by atoms with van der Waals surface area (Å²) in [5, 5.41) is -0.311. The van der Waals surface area contributed by atoms with Gasteiger partial charge in [0.15, 0.2) is 0 Å². The Hall–Kier alpha value is -0.924. The van der Waals surface area contributed by atoms with Crippen LogP contribution in [0.25, 0.3) is 0 Å². The Bertz CT molecular complexity index is 339. The topological polar surface area (TPSA) is 80.8 Å². The number of amides is 2. The van der Waals surface area contributed by atoms with E-state index in [9.17, 15) is 18.2 Å².